The lowest BCUT2D eigenvalue weighted by atomic mass is 10.3. The van der Waals surface area contributed by atoms with Gasteiger partial charge in [-0.15, -0.1) is 0 Å². The van der Waals surface area contributed by atoms with Crippen LogP contribution in [-0.4, -0.2) is 89.8 Å². The fourth-order valence-electron chi connectivity index (χ4n) is 3.47. The maximum atomic E-state index is 12.4. The summed E-state index contributed by atoms with van der Waals surface area (Å²) in [6, 6.07) is 0. The van der Waals surface area contributed by atoms with Crippen LogP contribution in [0, 0.1) is 0 Å². The highest BCUT2D eigenvalue weighted by Gasteiger charge is 2.30. The van der Waals surface area contributed by atoms with Crippen LogP contribution in [0.3, 0.4) is 0 Å². The summed E-state index contributed by atoms with van der Waals surface area (Å²) in [4.78, 5) is 23.5. The lowest BCUT2D eigenvalue weighted by Gasteiger charge is -2.29. The van der Waals surface area contributed by atoms with Crippen LogP contribution in [0.15, 0.2) is 4.52 Å². The van der Waals surface area contributed by atoms with Gasteiger partial charge in [0.25, 0.3) is 0 Å². The van der Waals surface area contributed by atoms with Gasteiger partial charge < -0.3 is 14.2 Å². The molecule has 0 N–H and O–H groups in total. The maximum Gasteiger partial charge on any atom is 0.236 e. The van der Waals surface area contributed by atoms with Gasteiger partial charge in [0.1, 0.15) is 0 Å². The van der Waals surface area contributed by atoms with Crippen molar-refractivity contribution in [1.29, 1.82) is 0 Å². The highest BCUT2D eigenvalue weighted by atomic mass is 16.5. The van der Waals surface area contributed by atoms with Crippen molar-refractivity contribution in [3.8, 4) is 0 Å². The minimum absolute atomic E-state index is 0.226. The van der Waals surface area contributed by atoms with Crippen molar-refractivity contribution in [2.75, 3.05) is 59.0 Å². The number of carbonyl (C=O) groups is 1. The molecule has 1 aromatic heterocycles. The van der Waals surface area contributed by atoms with E-state index >= 15 is 0 Å². The van der Waals surface area contributed by atoms with Crippen molar-refractivity contribution < 1.29 is 14.1 Å². The van der Waals surface area contributed by atoms with E-state index in [4.69, 9.17) is 9.26 Å². The average Bonchev–Trinajstić information content (AvgIpc) is 3.42. The Morgan fingerprint density at radius 3 is 2.60 bits per heavy atom. The molecule has 0 unspecified atom stereocenters. The molecule has 1 aromatic rings. The lowest BCUT2D eigenvalue weighted by molar-refractivity contribution is -0.136. The van der Waals surface area contributed by atoms with E-state index < -0.39 is 0 Å². The zero-order valence-electron chi connectivity index (χ0n) is 14.7. The molecular weight excluding hydrogens is 322 g/mol. The van der Waals surface area contributed by atoms with E-state index in [-0.39, 0.29) is 5.91 Å². The number of aromatic nitrogens is 2. The summed E-state index contributed by atoms with van der Waals surface area (Å²) >= 11 is 0. The quantitative estimate of drug-likeness (QED) is 0.757. The summed E-state index contributed by atoms with van der Waals surface area (Å²) in [5, 5.41) is 4.12. The predicted molar refractivity (Wildman–Crippen MR) is 90.0 cm³/mol. The largest absolute Gasteiger partial charge is 0.378 e. The monoisotopic (exact) mass is 349 g/mol. The van der Waals surface area contributed by atoms with Gasteiger partial charge in [0.15, 0.2) is 5.82 Å². The van der Waals surface area contributed by atoms with Gasteiger partial charge in [-0.2, -0.15) is 4.98 Å². The van der Waals surface area contributed by atoms with Crippen LogP contribution in [0.5, 0.6) is 0 Å². The van der Waals surface area contributed by atoms with Crippen molar-refractivity contribution in [2.45, 2.75) is 31.7 Å². The molecule has 2 aliphatic heterocycles. The Hall–Kier alpha value is -1.51. The second-order valence-corrected chi connectivity index (χ2v) is 7.22. The van der Waals surface area contributed by atoms with Gasteiger partial charge in [-0.3, -0.25) is 14.6 Å². The third-order valence-corrected chi connectivity index (χ3v) is 5.18. The molecule has 3 aliphatic rings. The van der Waals surface area contributed by atoms with Gasteiger partial charge in [-0.1, -0.05) is 5.16 Å². The van der Waals surface area contributed by atoms with Gasteiger partial charge in [-0.25, -0.2) is 0 Å². The summed E-state index contributed by atoms with van der Waals surface area (Å²) in [5.74, 6) is 2.33. The van der Waals surface area contributed by atoms with Crippen LogP contribution >= 0.6 is 0 Å². The molecule has 3 heterocycles. The average molecular weight is 349 g/mol. The summed E-state index contributed by atoms with van der Waals surface area (Å²) in [6.07, 6.45) is 3.42. The first-order valence-electron chi connectivity index (χ1n) is 9.40. The van der Waals surface area contributed by atoms with E-state index in [1.165, 1.54) is 12.8 Å². The second-order valence-electron chi connectivity index (χ2n) is 7.22. The Morgan fingerprint density at radius 2 is 1.80 bits per heavy atom. The van der Waals surface area contributed by atoms with Crippen LogP contribution in [0.4, 0.5) is 0 Å². The number of hydrogen-bond donors (Lipinski definition) is 0. The molecule has 0 radical (unpaired) electrons. The maximum absolute atomic E-state index is 12.4. The number of ether oxygens (including phenoxy) is 1. The predicted octanol–water partition coefficient (Wildman–Crippen LogP) is 0.314. The van der Waals surface area contributed by atoms with Gasteiger partial charge in [0.05, 0.1) is 26.3 Å². The van der Waals surface area contributed by atoms with Crippen molar-refractivity contribution in [3.63, 3.8) is 0 Å². The van der Waals surface area contributed by atoms with E-state index in [0.29, 0.717) is 25.7 Å². The highest BCUT2D eigenvalue weighted by Crippen LogP contribution is 2.38. The first-order valence-corrected chi connectivity index (χ1v) is 9.40. The molecular formula is C17H27N5O3. The third-order valence-electron chi connectivity index (χ3n) is 5.18. The second kappa shape index (κ2) is 7.80. The third kappa shape index (κ3) is 4.56. The first-order chi connectivity index (χ1) is 12.3. The normalized spacial score (nSPS) is 23.6. The Morgan fingerprint density at radius 1 is 1.04 bits per heavy atom. The molecule has 1 aliphatic carbocycles. The van der Waals surface area contributed by atoms with E-state index in [9.17, 15) is 4.79 Å². The molecule has 2 saturated heterocycles. The molecule has 138 valence electrons. The smallest absolute Gasteiger partial charge is 0.236 e. The zero-order valence-corrected chi connectivity index (χ0v) is 14.7. The summed E-state index contributed by atoms with van der Waals surface area (Å²) in [5.41, 5.74) is 0. The van der Waals surface area contributed by atoms with Crippen LogP contribution in [0.25, 0.3) is 0 Å². The zero-order chi connectivity index (χ0) is 17.1. The summed E-state index contributed by atoms with van der Waals surface area (Å²) in [6.45, 7) is 7.83. The molecule has 8 heteroatoms. The van der Waals surface area contributed by atoms with Gasteiger partial charge in [0.2, 0.25) is 11.8 Å². The van der Waals surface area contributed by atoms with Crippen LogP contribution in [0.2, 0.25) is 0 Å². The fourth-order valence-corrected chi connectivity index (χ4v) is 3.47. The van der Waals surface area contributed by atoms with Crippen molar-refractivity contribution in [3.05, 3.63) is 11.7 Å². The molecule has 8 nitrogen and oxygen atoms in total. The Bertz CT molecular complexity index is 583. The Kier molecular flexibility index (Phi) is 5.28. The van der Waals surface area contributed by atoms with E-state index in [2.05, 4.69) is 19.9 Å². The van der Waals surface area contributed by atoms with Crippen LogP contribution in [0.1, 0.15) is 36.9 Å². The van der Waals surface area contributed by atoms with E-state index in [0.717, 1.165) is 63.9 Å². The number of nitrogens with zero attached hydrogens (tertiary/aromatic N) is 5. The van der Waals surface area contributed by atoms with Crippen molar-refractivity contribution in [2.24, 2.45) is 0 Å². The number of carbonyl (C=O) groups excluding carboxylic acids is 1. The van der Waals surface area contributed by atoms with Gasteiger partial charge in [-0.05, 0) is 32.4 Å². The molecule has 25 heavy (non-hydrogen) atoms. The first kappa shape index (κ1) is 16.9. The molecule has 1 amide bonds. The number of amides is 1. The van der Waals surface area contributed by atoms with Crippen molar-refractivity contribution in [1.82, 2.24) is 24.8 Å². The van der Waals surface area contributed by atoms with Crippen LogP contribution in [-0.2, 0) is 16.1 Å². The Balaban J connectivity index is 1.24. The fraction of sp³-hybridized carbons (Fsp3) is 0.824. The Labute approximate surface area is 148 Å². The molecule has 4 rings (SSSR count). The molecule has 3 fully saturated rings. The van der Waals surface area contributed by atoms with Gasteiger partial charge >= 0.3 is 0 Å². The molecule has 0 aromatic carbocycles. The SMILES string of the molecule is O=C(CN1CCCN(Cc2noc(C3CC3)n2)CC1)N1CCOCC1. The molecule has 1 saturated carbocycles. The van der Waals surface area contributed by atoms with Gasteiger partial charge in [0, 0.05) is 32.1 Å². The standard InChI is InChI=1S/C17H27N5O3/c23-16(22-8-10-24-11-9-22)13-21-5-1-4-20(6-7-21)12-15-18-17(25-19-15)14-2-3-14/h14H,1-13H2. The topological polar surface area (TPSA) is 74.9 Å². The lowest BCUT2D eigenvalue weighted by Crippen LogP contribution is -2.46. The number of hydrogen-bond acceptors (Lipinski definition) is 7. The minimum Gasteiger partial charge on any atom is -0.378 e. The summed E-state index contributed by atoms with van der Waals surface area (Å²) in [7, 11) is 0. The van der Waals surface area contributed by atoms with E-state index in [1.54, 1.807) is 0 Å². The molecule has 0 atom stereocenters. The van der Waals surface area contributed by atoms with E-state index in [1.807, 2.05) is 4.90 Å². The van der Waals surface area contributed by atoms with Crippen LogP contribution < -0.4 is 0 Å². The number of morpholine rings is 1. The molecule has 0 spiro atoms. The number of rotatable bonds is 5. The molecule has 0 bridgehead atoms. The van der Waals surface area contributed by atoms with Crippen molar-refractivity contribution >= 4 is 5.91 Å². The summed E-state index contributed by atoms with van der Waals surface area (Å²) < 4.78 is 10.7. The minimum atomic E-state index is 0.226. The highest BCUT2D eigenvalue weighted by molar-refractivity contribution is 5.78.